The molecule has 1 saturated heterocycles. The number of fused-ring (bicyclic) bond motifs is 1. The Morgan fingerprint density at radius 1 is 1.09 bits per heavy atom. The number of anilines is 1. The molecule has 8 heteroatoms. The van der Waals surface area contributed by atoms with Gasteiger partial charge < -0.3 is 20.7 Å². The molecule has 1 atom stereocenters. The summed E-state index contributed by atoms with van der Waals surface area (Å²) in [6.45, 7) is 5.84. The van der Waals surface area contributed by atoms with E-state index in [0.29, 0.717) is 19.5 Å². The number of hydrogen-bond donors (Lipinski definition) is 3. The fraction of sp³-hybridized carbons (Fsp3) is 0.417. The van der Waals surface area contributed by atoms with E-state index in [0.717, 1.165) is 44.5 Å². The van der Waals surface area contributed by atoms with Gasteiger partial charge in [-0.1, -0.05) is 42.5 Å². The number of guanidine groups is 1. The number of benzene rings is 2. The van der Waals surface area contributed by atoms with Gasteiger partial charge in [0.2, 0.25) is 5.91 Å². The van der Waals surface area contributed by atoms with Crippen LogP contribution in [0.5, 0.6) is 0 Å². The summed E-state index contributed by atoms with van der Waals surface area (Å²) in [5, 5.41) is 9.79. The SMILES string of the molecule is CN=C(NCc1ccccc1CN1CCOCC1)NCC1CC(=O)Nc2ccccc21.I. The maximum atomic E-state index is 12.1. The van der Waals surface area contributed by atoms with Crippen molar-refractivity contribution in [3.8, 4) is 0 Å². The van der Waals surface area contributed by atoms with Crippen LogP contribution >= 0.6 is 24.0 Å². The largest absolute Gasteiger partial charge is 0.379 e. The fourth-order valence-corrected chi connectivity index (χ4v) is 4.19. The maximum absolute atomic E-state index is 12.1. The highest BCUT2D eigenvalue weighted by molar-refractivity contribution is 14.0. The van der Waals surface area contributed by atoms with Crippen molar-refractivity contribution in [2.75, 3.05) is 45.2 Å². The molecule has 0 bridgehead atoms. The average Bonchev–Trinajstić information content (AvgIpc) is 2.80. The van der Waals surface area contributed by atoms with Crippen molar-refractivity contribution in [1.82, 2.24) is 15.5 Å². The van der Waals surface area contributed by atoms with E-state index in [1.54, 1.807) is 7.05 Å². The second kappa shape index (κ2) is 12.2. The summed E-state index contributed by atoms with van der Waals surface area (Å²) in [5.41, 5.74) is 4.66. The van der Waals surface area contributed by atoms with Crippen LogP contribution in [0.15, 0.2) is 53.5 Å². The molecule has 4 rings (SSSR count). The summed E-state index contributed by atoms with van der Waals surface area (Å²) in [6.07, 6.45) is 0.476. The van der Waals surface area contributed by atoms with E-state index < -0.39 is 0 Å². The summed E-state index contributed by atoms with van der Waals surface area (Å²) in [5.74, 6) is 0.923. The van der Waals surface area contributed by atoms with Gasteiger partial charge in [-0.05, 0) is 22.8 Å². The molecule has 172 valence electrons. The first-order valence-corrected chi connectivity index (χ1v) is 10.9. The molecule has 7 nitrogen and oxygen atoms in total. The summed E-state index contributed by atoms with van der Waals surface area (Å²) in [7, 11) is 1.77. The van der Waals surface area contributed by atoms with E-state index >= 15 is 0 Å². The quantitative estimate of drug-likeness (QED) is 0.294. The Labute approximate surface area is 207 Å². The van der Waals surface area contributed by atoms with E-state index in [2.05, 4.69) is 56.2 Å². The molecule has 2 aliphatic rings. The van der Waals surface area contributed by atoms with Gasteiger partial charge in [0.05, 0.1) is 13.2 Å². The molecule has 1 fully saturated rings. The van der Waals surface area contributed by atoms with E-state index in [1.165, 1.54) is 16.7 Å². The lowest BCUT2D eigenvalue weighted by Crippen LogP contribution is -2.40. The molecule has 1 amide bonds. The lowest BCUT2D eigenvalue weighted by atomic mass is 9.90. The summed E-state index contributed by atoms with van der Waals surface area (Å²) >= 11 is 0. The van der Waals surface area contributed by atoms with Crippen LogP contribution in [-0.2, 0) is 22.6 Å². The number of rotatable bonds is 6. The second-order valence-corrected chi connectivity index (χ2v) is 8.00. The van der Waals surface area contributed by atoms with Crippen LogP contribution in [0.3, 0.4) is 0 Å². The Morgan fingerprint density at radius 2 is 1.81 bits per heavy atom. The number of halogens is 1. The minimum atomic E-state index is 0. The topological polar surface area (TPSA) is 78.0 Å². The van der Waals surface area contributed by atoms with Crippen LogP contribution in [0.1, 0.15) is 29.0 Å². The number of carbonyl (C=O) groups is 1. The van der Waals surface area contributed by atoms with Crippen molar-refractivity contribution in [2.24, 2.45) is 4.99 Å². The Hall–Kier alpha value is -2.17. The summed E-state index contributed by atoms with van der Waals surface area (Å²) in [6, 6.07) is 16.5. The van der Waals surface area contributed by atoms with Crippen molar-refractivity contribution in [3.63, 3.8) is 0 Å². The third-order valence-electron chi connectivity index (χ3n) is 5.91. The molecule has 2 aromatic rings. The van der Waals surface area contributed by atoms with E-state index in [9.17, 15) is 4.79 Å². The predicted molar refractivity (Wildman–Crippen MR) is 139 cm³/mol. The molecular formula is C24H32IN5O2. The normalized spacial score (nSPS) is 18.8. The second-order valence-electron chi connectivity index (χ2n) is 8.00. The molecular weight excluding hydrogens is 517 g/mol. The minimum Gasteiger partial charge on any atom is -0.379 e. The molecule has 0 spiro atoms. The molecule has 32 heavy (non-hydrogen) atoms. The zero-order chi connectivity index (χ0) is 21.5. The fourth-order valence-electron chi connectivity index (χ4n) is 4.19. The number of hydrogen-bond acceptors (Lipinski definition) is 4. The molecule has 1 unspecified atom stereocenters. The van der Waals surface area contributed by atoms with Crippen LogP contribution in [0.2, 0.25) is 0 Å². The van der Waals surface area contributed by atoms with E-state index in [1.807, 2.05) is 18.2 Å². The zero-order valence-electron chi connectivity index (χ0n) is 18.5. The highest BCUT2D eigenvalue weighted by atomic mass is 127. The molecule has 2 aromatic carbocycles. The van der Waals surface area contributed by atoms with Gasteiger partial charge in [0.15, 0.2) is 5.96 Å². The Bertz CT molecular complexity index is 930. The predicted octanol–water partition coefficient (Wildman–Crippen LogP) is 2.93. The van der Waals surface area contributed by atoms with Crippen LogP contribution < -0.4 is 16.0 Å². The van der Waals surface area contributed by atoms with Crippen LogP contribution in [0, 0.1) is 0 Å². The van der Waals surface area contributed by atoms with Gasteiger partial charge in [-0.25, -0.2) is 0 Å². The lowest BCUT2D eigenvalue weighted by Gasteiger charge is -2.28. The Balaban J connectivity index is 0.00000289. The zero-order valence-corrected chi connectivity index (χ0v) is 20.8. The monoisotopic (exact) mass is 549 g/mol. The van der Waals surface area contributed by atoms with Gasteiger partial charge in [0.1, 0.15) is 0 Å². The van der Waals surface area contributed by atoms with E-state index in [-0.39, 0.29) is 35.8 Å². The van der Waals surface area contributed by atoms with Gasteiger partial charge in [0, 0.05) is 57.8 Å². The van der Waals surface area contributed by atoms with Gasteiger partial charge in [-0.2, -0.15) is 0 Å². The molecule has 0 aliphatic carbocycles. The van der Waals surface area contributed by atoms with Crippen molar-refractivity contribution in [1.29, 1.82) is 0 Å². The lowest BCUT2D eigenvalue weighted by molar-refractivity contribution is -0.116. The van der Waals surface area contributed by atoms with Crippen molar-refractivity contribution >= 4 is 41.5 Å². The maximum Gasteiger partial charge on any atom is 0.225 e. The number of morpholine rings is 1. The molecule has 3 N–H and O–H groups in total. The van der Waals surface area contributed by atoms with Crippen molar-refractivity contribution in [2.45, 2.75) is 25.4 Å². The van der Waals surface area contributed by atoms with Crippen molar-refractivity contribution in [3.05, 3.63) is 65.2 Å². The van der Waals surface area contributed by atoms with Crippen LogP contribution in [-0.4, -0.2) is 56.7 Å². The number of carbonyl (C=O) groups excluding carboxylic acids is 1. The molecule has 2 aliphatic heterocycles. The van der Waals surface area contributed by atoms with Gasteiger partial charge >= 0.3 is 0 Å². The smallest absolute Gasteiger partial charge is 0.225 e. The number of para-hydroxylation sites is 1. The Morgan fingerprint density at radius 3 is 2.59 bits per heavy atom. The third-order valence-corrected chi connectivity index (χ3v) is 5.91. The number of aliphatic imine (C=N–C) groups is 1. The first-order chi connectivity index (χ1) is 15.2. The Kier molecular flexibility index (Phi) is 9.31. The van der Waals surface area contributed by atoms with Gasteiger partial charge in [-0.3, -0.25) is 14.7 Å². The number of amides is 1. The molecule has 2 heterocycles. The molecule has 0 aromatic heterocycles. The third kappa shape index (κ3) is 6.43. The molecule has 0 radical (unpaired) electrons. The standard InChI is InChI=1S/C24H31N5O2.HI/c1-25-24(27-16-20-14-23(30)28-22-9-5-4-8-21(20)22)26-15-18-6-2-3-7-19(18)17-29-10-12-31-13-11-29;/h2-9,20H,10-17H2,1H3,(H,28,30)(H2,25,26,27);1H. The van der Waals surface area contributed by atoms with Gasteiger partial charge in [-0.15, -0.1) is 24.0 Å². The summed E-state index contributed by atoms with van der Waals surface area (Å²) < 4.78 is 5.46. The highest BCUT2D eigenvalue weighted by Crippen LogP contribution is 2.31. The van der Waals surface area contributed by atoms with Crippen molar-refractivity contribution < 1.29 is 9.53 Å². The number of nitrogens with zero attached hydrogens (tertiary/aromatic N) is 2. The summed E-state index contributed by atoms with van der Waals surface area (Å²) in [4.78, 5) is 18.9. The van der Waals surface area contributed by atoms with E-state index in [4.69, 9.17) is 4.74 Å². The number of nitrogens with one attached hydrogen (secondary N) is 3. The first-order valence-electron chi connectivity index (χ1n) is 10.9. The van der Waals surface area contributed by atoms with Crippen LogP contribution in [0.25, 0.3) is 0 Å². The average molecular weight is 549 g/mol. The first kappa shape index (κ1) is 24.5. The highest BCUT2D eigenvalue weighted by Gasteiger charge is 2.24. The van der Waals surface area contributed by atoms with Gasteiger partial charge in [0.25, 0.3) is 0 Å². The molecule has 0 saturated carbocycles. The number of ether oxygens (including phenoxy) is 1. The minimum absolute atomic E-state index is 0. The van der Waals surface area contributed by atoms with Crippen LogP contribution in [0.4, 0.5) is 5.69 Å².